The summed E-state index contributed by atoms with van der Waals surface area (Å²) < 4.78 is 0. The number of hydrogen-bond acceptors (Lipinski definition) is 3. The zero-order valence-corrected chi connectivity index (χ0v) is 12.8. The summed E-state index contributed by atoms with van der Waals surface area (Å²) in [7, 11) is 0. The highest BCUT2D eigenvalue weighted by molar-refractivity contribution is 7.98. The lowest BCUT2D eigenvalue weighted by Gasteiger charge is -2.25. The van der Waals surface area contributed by atoms with Crippen LogP contribution in [0.3, 0.4) is 0 Å². The fraction of sp³-hybridized carbons (Fsp3) is 0.294. The van der Waals surface area contributed by atoms with E-state index in [1.165, 1.54) is 0 Å². The summed E-state index contributed by atoms with van der Waals surface area (Å²) in [6.07, 6.45) is 5.99. The number of aromatic nitrogens is 1. The zero-order valence-electron chi connectivity index (χ0n) is 12.0. The minimum Gasteiger partial charge on any atom is -0.332 e. The summed E-state index contributed by atoms with van der Waals surface area (Å²) >= 11 is 1.63. The van der Waals surface area contributed by atoms with Crippen molar-refractivity contribution in [3.63, 3.8) is 0 Å². The number of likely N-dealkylation sites (tertiary alicyclic amines) is 1. The summed E-state index contributed by atoms with van der Waals surface area (Å²) in [6.45, 7) is 0.822. The van der Waals surface area contributed by atoms with E-state index >= 15 is 0 Å². The molecule has 0 aliphatic carbocycles. The van der Waals surface area contributed by atoms with Crippen LogP contribution in [0.2, 0.25) is 0 Å². The third-order valence-electron chi connectivity index (χ3n) is 3.89. The second-order valence-corrected chi connectivity index (χ2v) is 5.98. The molecule has 21 heavy (non-hydrogen) atoms. The van der Waals surface area contributed by atoms with Gasteiger partial charge in [0.15, 0.2) is 0 Å². The molecule has 3 nitrogen and oxygen atoms in total. The second kappa shape index (κ2) is 6.31. The highest BCUT2D eigenvalue weighted by Gasteiger charge is 2.30. The van der Waals surface area contributed by atoms with Crippen molar-refractivity contribution < 1.29 is 4.79 Å². The molecule has 1 aromatic heterocycles. The van der Waals surface area contributed by atoms with Crippen molar-refractivity contribution in [3.8, 4) is 0 Å². The summed E-state index contributed by atoms with van der Waals surface area (Å²) in [4.78, 5) is 19.1. The average molecular weight is 298 g/mol. The smallest absolute Gasteiger partial charge is 0.254 e. The van der Waals surface area contributed by atoms with Crippen LogP contribution in [0.1, 0.15) is 34.8 Å². The van der Waals surface area contributed by atoms with Gasteiger partial charge in [0.2, 0.25) is 0 Å². The second-order valence-electron chi connectivity index (χ2n) is 5.16. The molecule has 1 saturated heterocycles. The number of carbonyl (C=O) groups excluding carboxylic acids is 1. The number of amides is 1. The minimum atomic E-state index is 0.118. The zero-order chi connectivity index (χ0) is 14.7. The maximum atomic E-state index is 12.7. The van der Waals surface area contributed by atoms with Gasteiger partial charge in [0.05, 0.1) is 11.1 Å². The lowest BCUT2D eigenvalue weighted by molar-refractivity contribution is 0.0735. The first-order chi connectivity index (χ1) is 10.3. The predicted octanol–water partition coefficient (Wildman–Crippen LogP) is 3.78. The number of nitrogens with zero attached hydrogens (tertiary/aromatic N) is 2. The Labute approximate surface area is 129 Å². The van der Waals surface area contributed by atoms with Crippen LogP contribution in [0.5, 0.6) is 0 Å². The Hall–Kier alpha value is -1.81. The van der Waals surface area contributed by atoms with E-state index in [-0.39, 0.29) is 11.9 Å². The van der Waals surface area contributed by atoms with Crippen LogP contribution in [0.15, 0.2) is 53.7 Å². The average Bonchev–Trinajstić information content (AvgIpc) is 3.04. The topological polar surface area (TPSA) is 33.2 Å². The standard InChI is InChI=1S/C17H18N2OS/c1-21-16-10-9-14(12-18-16)15-8-5-11-19(15)17(20)13-6-3-2-4-7-13/h2-4,6-7,9-10,12,15H,5,8,11H2,1H3/t15-/m0/s1. The van der Waals surface area contributed by atoms with Crippen LogP contribution >= 0.6 is 11.8 Å². The summed E-state index contributed by atoms with van der Waals surface area (Å²) in [6, 6.07) is 13.8. The number of carbonyl (C=O) groups is 1. The van der Waals surface area contributed by atoms with Crippen molar-refractivity contribution in [2.75, 3.05) is 12.8 Å². The van der Waals surface area contributed by atoms with Gasteiger partial charge in [-0.1, -0.05) is 24.3 Å². The molecular formula is C17H18N2OS. The molecule has 1 amide bonds. The first kappa shape index (κ1) is 14.1. The number of pyridine rings is 1. The molecule has 1 atom stereocenters. The van der Waals surface area contributed by atoms with E-state index in [0.717, 1.165) is 35.5 Å². The van der Waals surface area contributed by atoms with E-state index < -0.39 is 0 Å². The number of hydrogen-bond donors (Lipinski definition) is 0. The molecule has 0 unspecified atom stereocenters. The molecule has 0 spiro atoms. The Balaban J connectivity index is 1.83. The SMILES string of the molecule is CSc1ccc([C@@H]2CCCN2C(=O)c2ccccc2)cn1. The molecule has 1 aromatic carbocycles. The quantitative estimate of drug-likeness (QED) is 0.809. The fourth-order valence-corrected chi connectivity index (χ4v) is 3.17. The normalized spacial score (nSPS) is 18.0. The largest absolute Gasteiger partial charge is 0.332 e. The first-order valence-electron chi connectivity index (χ1n) is 7.15. The molecule has 2 aromatic rings. The molecule has 4 heteroatoms. The van der Waals surface area contributed by atoms with Crippen LogP contribution in [0, 0.1) is 0 Å². The van der Waals surface area contributed by atoms with Gasteiger partial charge in [0.1, 0.15) is 0 Å². The van der Waals surface area contributed by atoms with E-state index in [1.54, 1.807) is 11.8 Å². The van der Waals surface area contributed by atoms with Crippen molar-refractivity contribution in [1.82, 2.24) is 9.88 Å². The van der Waals surface area contributed by atoms with Gasteiger partial charge < -0.3 is 4.90 Å². The van der Waals surface area contributed by atoms with Gasteiger partial charge in [-0.15, -0.1) is 11.8 Å². The summed E-state index contributed by atoms with van der Waals surface area (Å²) in [5.41, 5.74) is 1.90. The van der Waals surface area contributed by atoms with Gasteiger partial charge in [0.25, 0.3) is 5.91 Å². The molecule has 1 fully saturated rings. The molecule has 1 aliphatic rings. The Morgan fingerprint density at radius 1 is 1.24 bits per heavy atom. The van der Waals surface area contributed by atoms with E-state index in [4.69, 9.17) is 0 Å². The van der Waals surface area contributed by atoms with Crippen LogP contribution < -0.4 is 0 Å². The van der Waals surface area contributed by atoms with E-state index in [9.17, 15) is 4.79 Å². The van der Waals surface area contributed by atoms with Gasteiger partial charge in [-0.25, -0.2) is 4.98 Å². The van der Waals surface area contributed by atoms with E-state index in [0.29, 0.717) is 0 Å². The maximum absolute atomic E-state index is 12.7. The van der Waals surface area contributed by atoms with Gasteiger partial charge in [-0.3, -0.25) is 4.79 Å². The summed E-state index contributed by atoms with van der Waals surface area (Å²) in [5.74, 6) is 0.118. The van der Waals surface area contributed by atoms with Crippen LogP contribution in [0.4, 0.5) is 0 Å². The monoisotopic (exact) mass is 298 g/mol. The molecule has 2 heterocycles. The van der Waals surface area contributed by atoms with Crippen molar-refractivity contribution in [1.29, 1.82) is 0 Å². The third kappa shape index (κ3) is 2.95. The highest BCUT2D eigenvalue weighted by atomic mass is 32.2. The lowest BCUT2D eigenvalue weighted by atomic mass is 10.1. The van der Waals surface area contributed by atoms with Gasteiger partial charge in [-0.05, 0) is 42.9 Å². The Bertz CT molecular complexity index is 612. The Morgan fingerprint density at radius 2 is 2.05 bits per heavy atom. The Morgan fingerprint density at radius 3 is 2.71 bits per heavy atom. The van der Waals surface area contributed by atoms with Crippen molar-refractivity contribution >= 4 is 17.7 Å². The number of benzene rings is 1. The molecule has 0 radical (unpaired) electrons. The third-order valence-corrected chi connectivity index (χ3v) is 4.55. The van der Waals surface area contributed by atoms with Gasteiger partial charge >= 0.3 is 0 Å². The van der Waals surface area contributed by atoms with Crippen molar-refractivity contribution in [3.05, 3.63) is 59.8 Å². The molecule has 0 saturated carbocycles. The van der Waals surface area contributed by atoms with Crippen molar-refractivity contribution in [2.24, 2.45) is 0 Å². The molecular weight excluding hydrogens is 280 g/mol. The number of rotatable bonds is 3. The predicted molar refractivity (Wildman–Crippen MR) is 85.5 cm³/mol. The molecule has 1 aliphatic heterocycles. The molecule has 0 bridgehead atoms. The molecule has 0 N–H and O–H groups in total. The van der Waals surface area contributed by atoms with Gasteiger partial charge in [0, 0.05) is 18.3 Å². The number of thioether (sulfide) groups is 1. The van der Waals surface area contributed by atoms with Gasteiger partial charge in [-0.2, -0.15) is 0 Å². The maximum Gasteiger partial charge on any atom is 0.254 e. The lowest BCUT2D eigenvalue weighted by Crippen LogP contribution is -2.30. The fourth-order valence-electron chi connectivity index (χ4n) is 2.81. The van der Waals surface area contributed by atoms with Crippen molar-refractivity contribution in [2.45, 2.75) is 23.9 Å². The minimum absolute atomic E-state index is 0.118. The van der Waals surface area contributed by atoms with E-state index in [2.05, 4.69) is 11.1 Å². The first-order valence-corrected chi connectivity index (χ1v) is 8.38. The summed E-state index contributed by atoms with van der Waals surface area (Å²) in [5, 5.41) is 1.01. The molecule has 3 rings (SSSR count). The highest BCUT2D eigenvalue weighted by Crippen LogP contribution is 2.33. The molecule has 108 valence electrons. The van der Waals surface area contributed by atoms with E-state index in [1.807, 2.05) is 53.8 Å². The Kier molecular flexibility index (Phi) is 4.25. The van der Waals surface area contributed by atoms with Crippen LogP contribution in [-0.2, 0) is 0 Å². The van der Waals surface area contributed by atoms with Crippen LogP contribution in [0.25, 0.3) is 0 Å². The van der Waals surface area contributed by atoms with Crippen LogP contribution in [-0.4, -0.2) is 28.6 Å².